The number of hydrogen-bond acceptors (Lipinski definition) is 2. The van der Waals surface area contributed by atoms with Gasteiger partial charge in [0.2, 0.25) is 11.8 Å². The molecule has 1 heterocycles. The minimum atomic E-state index is -0.345. The first-order valence-electron chi connectivity index (χ1n) is 9.88. The van der Waals surface area contributed by atoms with Crippen LogP contribution in [0.3, 0.4) is 0 Å². The van der Waals surface area contributed by atoms with E-state index in [1.165, 1.54) is 12.1 Å². The van der Waals surface area contributed by atoms with Crippen LogP contribution in [-0.2, 0) is 9.59 Å². The monoisotopic (exact) mass is 376 g/mol. The highest BCUT2D eigenvalue weighted by molar-refractivity contribution is 5.83. The van der Waals surface area contributed by atoms with E-state index in [2.05, 4.69) is 19.2 Å². The Labute approximate surface area is 162 Å². The number of halogens is 1. The molecular weight excluding hydrogens is 343 g/mol. The second kappa shape index (κ2) is 8.85. The maximum atomic E-state index is 13.7. The molecule has 150 valence electrons. The van der Waals surface area contributed by atoms with Crippen molar-refractivity contribution >= 4 is 11.8 Å². The lowest BCUT2D eigenvalue weighted by Crippen LogP contribution is -2.37. The van der Waals surface area contributed by atoms with Crippen LogP contribution < -0.4 is 5.32 Å². The van der Waals surface area contributed by atoms with E-state index in [0.717, 1.165) is 12.0 Å². The van der Waals surface area contributed by atoms with Gasteiger partial charge in [0, 0.05) is 32.0 Å². The van der Waals surface area contributed by atoms with E-state index in [0.29, 0.717) is 32.0 Å². The van der Waals surface area contributed by atoms with Crippen molar-refractivity contribution in [2.24, 2.45) is 17.3 Å². The molecule has 0 aromatic heterocycles. The second-order valence-electron chi connectivity index (χ2n) is 9.28. The summed E-state index contributed by atoms with van der Waals surface area (Å²) in [7, 11) is 0. The Kier molecular flexibility index (Phi) is 7.01. The van der Waals surface area contributed by atoms with Crippen molar-refractivity contribution in [3.63, 3.8) is 0 Å². The molecule has 1 aromatic carbocycles. The molecule has 1 aromatic rings. The van der Waals surface area contributed by atoms with E-state index in [9.17, 15) is 14.0 Å². The summed E-state index contributed by atoms with van der Waals surface area (Å²) in [6.07, 6.45) is 1.35. The number of rotatable bonds is 6. The van der Waals surface area contributed by atoms with E-state index < -0.39 is 0 Å². The van der Waals surface area contributed by atoms with Gasteiger partial charge in [-0.2, -0.15) is 0 Å². The first-order valence-corrected chi connectivity index (χ1v) is 9.88. The van der Waals surface area contributed by atoms with Gasteiger partial charge < -0.3 is 10.2 Å². The third-order valence-corrected chi connectivity index (χ3v) is 4.99. The van der Waals surface area contributed by atoms with Crippen LogP contribution >= 0.6 is 0 Å². The number of nitrogens with one attached hydrogen (secondary N) is 1. The fourth-order valence-corrected chi connectivity index (χ4v) is 3.53. The molecule has 0 saturated carbocycles. The molecule has 1 aliphatic rings. The van der Waals surface area contributed by atoms with Gasteiger partial charge in [0.25, 0.3) is 0 Å². The summed E-state index contributed by atoms with van der Waals surface area (Å²) in [5, 5.41) is 3.01. The Morgan fingerprint density at radius 2 is 1.96 bits per heavy atom. The maximum Gasteiger partial charge on any atom is 0.225 e. The second-order valence-corrected chi connectivity index (χ2v) is 9.28. The lowest BCUT2D eigenvalue weighted by atomic mass is 9.88. The van der Waals surface area contributed by atoms with Gasteiger partial charge >= 0.3 is 0 Å². The summed E-state index contributed by atoms with van der Waals surface area (Å²) in [4.78, 5) is 27.3. The highest BCUT2D eigenvalue weighted by Crippen LogP contribution is 2.34. The average molecular weight is 377 g/mol. The zero-order valence-electron chi connectivity index (χ0n) is 17.2. The number of benzene rings is 1. The van der Waals surface area contributed by atoms with E-state index >= 15 is 0 Å². The summed E-state index contributed by atoms with van der Waals surface area (Å²) < 4.78 is 13.7. The lowest BCUT2D eigenvalue weighted by molar-refractivity contribution is -0.132. The molecule has 27 heavy (non-hydrogen) atoms. The number of carbonyl (C=O) groups is 2. The molecule has 0 radical (unpaired) electrons. The molecule has 2 amide bonds. The number of carbonyl (C=O) groups excluding carboxylic acids is 2. The van der Waals surface area contributed by atoms with Crippen LogP contribution in [0.5, 0.6) is 0 Å². The summed E-state index contributed by atoms with van der Waals surface area (Å²) in [5.41, 5.74) is 0.674. The van der Waals surface area contributed by atoms with Crippen molar-refractivity contribution in [1.82, 2.24) is 10.2 Å². The summed E-state index contributed by atoms with van der Waals surface area (Å²) >= 11 is 0. The van der Waals surface area contributed by atoms with Crippen LogP contribution in [0.4, 0.5) is 4.39 Å². The number of hydrogen-bond donors (Lipinski definition) is 1. The smallest absolute Gasteiger partial charge is 0.225 e. The van der Waals surface area contributed by atoms with E-state index in [1.807, 2.05) is 26.8 Å². The topological polar surface area (TPSA) is 49.4 Å². The number of nitrogens with zero attached hydrogens (tertiary/aromatic N) is 1. The maximum absolute atomic E-state index is 13.7. The fourth-order valence-electron chi connectivity index (χ4n) is 3.53. The zero-order valence-corrected chi connectivity index (χ0v) is 17.2. The van der Waals surface area contributed by atoms with Gasteiger partial charge in [-0.15, -0.1) is 0 Å². The van der Waals surface area contributed by atoms with Crippen molar-refractivity contribution in [3.8, 4) is 0 Å². The molecule has 2 rings (SSSR count). The standard InChI is InChI=1S/C22H33FN2O2/c1-15(2)9-10-24-21(27)19-14-25(20(26)12-22(3,4)5)13-18(19)16-7-6-8-17(23)11-16/h6-8,11,15,18-19H,9-10,12-14H2,1-5H3,(H,24,27)/t18-,19-/m0/s1. The Morgan fingerprint density at radius 3 is 2.56 bits per heavy atom. The quantitative estimate of drug-likeness (QED) is 0.817. The molecular formula is C22H33FN2O2. The molecule has 0 spiro atoms. The van der Waals surface area contributed by atoms with Crippen LogP contribution in [0.15, 0.2) is 24.3 Å². The predicted molar refractivity (Wildman–Crippen MR) is 106 cm³/mol. The lowest BCUT2D eigenvalue weighted by Gasteiger charge is -2.23. The van der Waals surface area contributed by atoms with E-state index in [4.69, 9.17) is 0 Å². The molecule has 1 fully saturated rings. The Bertz CT molecular complexity index is 667. The highest BCUT2D eigenvalue weighted by atomic mass is 19.1. The van der Waals surface area contributed by atoms with Gasteiger partial charge in [-0.3, -0.25) is 9.59 Å². The molecule has 0 bridgehead atoms. The third kappa shape index (κ3) is 6.33. The predicted octanol–water partition coefficient (Wildman–Crippen LogP) is 3.97. The largest absolute Gasteiger partial charge is 0.356 e. The van der Waals surface area contributed by atoms with E-state index in [-0.39, 0.29) is 34.9 Å². The van der Waals surface area contributed by atoms with Gasteiger partial charge in [-0.1, -0.05) is 46.8 Å². The van der Waals surface area contributed by atoms with Crippen LogP contribution in [0.2, 0.25) is 0 Å². The van der Waals surface area contributed by atoms with Gasteiger partial charge in [0.1, 0.15) is 5.82 Å². The highest BCUT2D eigenvalue weighted by Gasteiger charge is 2.40. The fraction of sp³-hybridized carbons (Fsp3) is 0.636. The van der Waals surface area contributed by atoms with E-state index in [1.54, 1.807) is 11.0 Å². The summed E-state index contributed by atoms with van der Waals surface area (Å²) in [6.45, 7) is 11.8. The summed E-state index contributed by atoms with van der Waals surface area (Å²) in [5.74, 6) is -0.312. The normalized spacial score (nSPS) is 20.2. The van der Waals surface area contributed by atoms with Crippen LogP contribution in [0, 0.1) is 23.1 Å². The van der Waals surface area contributed by atoms with Crippen LogP contribution in [-0.4, -0.2) is 36.3 Å². The first kappa shape index (κ1) is 21.4. The van der Waals surface area contributed by atoms with Gasteiger partial charge in [0.15, 0.2) is 0 Å². The third-order valence-electron chi connectivity index (χ3n) is 4.99. The average Bonchev–Trinajstić information content (AvgIpc) is 2.98. The zero-order chi connectivity index (χ0) is 20.2. The molecule has 4 nitrogen and oxygen atoms in total. The molecule has 1 aliphatic heterocycles. The van der Waals surface area contributed by atoms with Gasteiger partial charge in [0.05, 0.1) is 5.92 Å². The van der Waals surface area contributed by atoms with Crippen LogP contribution in [0.1, 0.15) is 58.9 Å². The van der Waals surface area contributed by atoms with Crippen molar-refractivity contribution in [1.29, 1.82) is 0 Å². The first-order chi connectivity index (χ1) is 12.6. The Morgan fingerprint density at radius 1 is 1.26 bits per heavy atom. The molecule has 1 N–H and O–H groups in total. The van der Waals surface area contributed by atoms with Gasteiger partial charge in [-0.05, 0) is 35.4 Å². The van der Waals surface area contributed by atoms with Crippen molar-refractivity contribution < 1.29 is 14.0 Å². The van der Waals surface area contributed by atoms with Gasteiger partial charge in [-0.25, -0.2) is 4.39 Å². The van der Waals surface area contributed by atoms with Crippen LogP contribution in [0.25, 0.3) is 0 Å². The summed E-state index contributed by atoms with van der Waals surface area (Å²) in [6, 6.07) is 6.40. The molecule has 0 aliphatic carbocycles. The molecule has 2 atom stereocenters. The minimum Gasteiger partial charge on any atom is -0.356 e. The number of amides is 2. The molecule has 1 saturated heterocycles. The van der Waals surface area contributed by atoms with Crippen molar-refractivity contribution in [3.05, 3.63) is 35.6 Å². The van der Waals surface area contributed by atoms with Crippen molar-refractivity contribution in [2.45, 2.75) is 53.4 Å². The van der Waals surface area contributed by atoms with Crippen molar-refractivity contribution in [2.75, 3.05) is 19.6 Å². The Hall–Kier alpha value is -1.91. The number of likely N-dealkylation sites (tertiary alicyclic amines) is 1. The molecule has 5 heteroatoms. The SMILES string of the molecule is CC(C)CCNC(=O)[C@H]1CN(C(=O)CC(C)(C)C)C[C@H]1c1cccc(F)c1. The molecule has 0 unspecified atom stereocenters. The minimum absolute atomic E-state index is 0.0454. The Balaban J connectivity index is 2.16.